The molecule has 3 heteroatoms. The van der Waals surface area contributed by atoms with E-state index in [1.165, 1.54) is 51.7 Å². The summed E-state index contributed by atoms with van der Waals surface area (Å²) in [6.45, 7) is 6.80. The van der Waals surface area contributed by atoms with Gasteiger partial charge in [0.1, 0.15) is 0 Å². The number of nitrogens with one attached hydrogen (secondary N) is 1. The highest BCUT2D eigenvalue weighted by atomic mass is 16.5. The van der Waals surface area contributed by atoms with E-state index < -0.39 is 0 Å². The van der Waals surface area contributed by atoms with Crippen molar-refractivity contribution in [2.75, 3.05) is 26.2 Å². The molecular formula is C14H26N2O. The molecule has 98 valence electrons. The van der Waals surface area contributed by atoms with Gasteiger partial charge < -0.3 is 15.0 Å². The lowest BCUT2D eigenvalue weighted by atomic mass is 9.88. The molecule has 3 heterocycles. The molecule has 3 aliphatic rings. The van der Waals surface area contributed by atoms with Gasteiger partial charge in [0.2, 0.25) is 0 Å². The first-order valence-electron chi connectivity index (χ1n) is 7.45. The van der Waals surface area contributed by atoms with Crippen molar-refractivity contribution in [1.82, 2.24) is 10.2 Å². The summed E-state index contributed by atoms with van der Waals surface area (Å²) in [5, 5.41) is 3.75. The van der Waals surface area contributed by atoms with Gasteiger partial charge in [0.25, 0.3) is 0 Å². The van der Waals surface area contributed by atoms with Crippen molar-refractivity contribution in [2.24, 2.45) is 5.92 Å². The second kappa shape index (κ2) is 5.25. The summed E-state index contributed by atoms with van der Waals surface area (Å²) < 4.78 is 5.71. The van der Waals surface area contributed by atoms with Crippen LogP contribution in [0.3, 0.4) is 0 Å². The van der Waals surface area contributed by atoms with Crippen LogP contribution in [0.25, 0.3) is 0 Å². The zero-order chi connectivity index (χ0) is 11.7. The van der Waals surface area contributed by atoms with Gasteiger partial charge in [-0.2, -0.15) is 0 Å². The second-order valence-electron chi connectivity index (χ2n) is 6.00. The van der Waals surface area contributed by atoms with Gasteiger partial charge in [-0.05, 0) is 44.9 Å². The second-order valence-corrected chi connectivity index (χ2v) is 6.00. The Labute approximate surface area is 105 Å². The quantitative estimate of drug-likeness (QED) is 0.805. The monoisotopic (exact) mass is 238 g/mol. The molecule has 1 N–H and O–H groups in total. The Morgan fingerprint density at radius 1 is 1.18 bits per heavy atom. The molecule has 0 aliphatic carbocycles. The van der Waals surface area contributed by atoms with Crippen molar-refractivity contribution in [2.45, 2.75) is 57.2 Å². The molecule has 0 aromatic heterocycles. The first-order valence-corrected chi connectivity index (χ1v) is 7.45. The fraction of sp³-hybridized carbons (Fsp3) is 1.00. The van der Waals surface area contributed by atoms with Crippen LogP contribution in [0.5, 0.6) is 0 Å². The molecule has 0 spiro atoms. The van der Waals surface area contributed by atoms with Crippen molar-refractivity contribution in [3.05, 3.63) is 0 Å². The molecular weight excluding hydrogens is 212 g/mol. The van der Waals surface area contributed by atoms with E-state index in [0.717, 1.165) is 24.6 Å². The summed E-state index contributed by atoms with van der Waals surface area (Å²) in [4.78, 5) is 2.67. The van der Waals surface area contributed by atoms with E-state index in [2.05, 4.69) is 17.1 Å². The lowest BCUT2D eigenvalue weighted by molar-refractivity contribution is 0.0103. The van der Waals surface area contributed by atoms with Crippen LogP contribution in [-0.4, -0.2) is 49.3 Å². The Morgan fingerprint density at radius 3 is 2.59 bits per heavy atom. The van der Waals surface area contributed by atoms with E-state index in [-0.39, 0.29) is 0 Å². The maximum Gasteiger partial charge on any atom is 0.0599 e. The molecule has 0 radical (unpaired) electrons. The maximum absolute atomic E-state index is 5.71. The topological polar surface area (TPSA) is 24.5 Å². The molecule has 3 unspecified atom stereocenters. The highest BCUT2D eigenvalue weighted by Crippen LogP contribution is 2.34. The van der Waals surface area contributed by atoms with E-state index in [1.54, 1.807) is 0 Å². The number of likely N-dealkylation sites (tertiary alicyclic amines) is 1. The molecule has 2 bridgehead atoms. The van der Waals surface area contributed by atoms with Crippen LogP contribution in [0.2, 0.25) is 0 Å². The number of rotatable bonds is 4. The molecule has 3 atom stereocenters. The fourth-order valence-electron chi connectivity index (χ4n) is 3.97. The molecule has 3 rings (SSSR count). The minimum absolute atomic E-state index is 0.536. The third-order valence-corrected chi connectivity index (χ3v) is 4.86. The predicted molar refractivity (Wildman–Crippen MR) is 69.1 cm³/mol. The van der Waals surface area contributed by atoms with Crippen LogP contribution in [0.15, 0.2) is 0 Å². The van der Waals surface area contributed by atoms with Gasteiger partial charge >= 0.3 is 0 Å². The Morgan fingerprint density at radius 2 is 2.00 bits per heavy atom. The first kappa shape index (κ1) is 11.9. The van der Waals surface area contributed by atoms with Gasteiger partial charge in [-0.3, -0.25) is 0 Å². The lowest BCUT2D eigenvalue weighted by Crippen LogP contribution is -2.41. The average Bonchev–Trinajstić information content (AvgIpc) is 2.94. The summed E-state index contributed by atoms with van der Waals surface area (Å²) in [7, 11) is 0. The molecule has 0 aromatic carbocycles. The first-order chi connectivity index (χ1) is 8.35. The van der Waals surface area contributed by atoms with Crippen molar-refractivity contribution in [1.29, 1.82) is 0 Å². The molecule has 0 amide bonds. The largest absolute Gasteiger partial charge is 0.378 e. The van der Waals surface area contributed by atoms with Gasteiger partial charge in [-0.1, -0.05) is 0 Å². The highest BCUT2D eigenvalue weighted by Gasteiger charge is 2.39. The number of ether oxygens (including phenoxy) is 1. The molecule has 3 saturated heterocycles. The third-order valence-electron chi connectivity index (χ3n) is 4.86. The van der Waals surface area contributed by atoms with Gasteiger partial charge in [0.05, 0.1) is 6.10 Å². The number of hydrogen-bond acceptors (Lipinski definition) is 3. The summed E-state index contributed by atoms with van der Waals surface area (Å²) in [5.74, 6) is 0.928. The number of piperidine rings is 1. The number of hydrogen-bond donors (Lipinski definition) is 1. The number of nitrogens with zero attached hydrogens (tertiary/aromatic N) is 1. The Balaban J connectivity index is 1.42. The summed E-state index contributed by atoms with van der Waals surface area (Å²) in [5.41, 5.74) is 0. The van der Waals surface area contributed by atoms with Crippen LogP contribution in [-0.2, 0) is 4.74 Å². The maximum atomic E-state index is 5.71. The molecule has 3 nitrogen and oxygen atoms in total. The zero-order valence-corrected chi connectivity index (χ0v) is 11.0. The van der Waals surface area contributed by atoms with Crippen LogP contribution < -0.4 is 5.32 Å². The molecule has 3 aliphatic heterocycles. The highest BCUT2D eigenvalue weighted by molar-refractivity contribution is 4.98. The van der Waals surface area contributed by atoms with Gasteiger partial charge in [-0.15, -0.1) is 0 Å². The average molecular weight is 238 g/mol. The molecule has 0 saturated carbocycles. The summed E-state index contributed by atoms with van der Waals surface area (Å²) >= 11 is 0. The van der Waals surface area contributed by atoms with Gasteiger partial charge in [0.15, 0.2) is 0 Å². The van der Waals surface area contributed by atoms with E-state index in [9.17, 15) is 0 Å². The van der Waals surface area contributed by atoms with Gasteiger partial charge in [-0.25, -0.2) is 0 Å². The summed E-state index contributed by atoms with van der Waals surface area (Å²) in [6.07, 6.45) is 7.29. The van der Waals surface area contributed by atoms with Crippen molar-refractivity contribution >= 4 is 0 Å². The number of fused-ring (bicyclic) bond motifs is 2. The predicted octanol–water partition coefficient (Wildman–Crippen LogP) is 1.63. The standard InChI is InChI=1S/C14H26N2O/c1-2-17-13-5-7-16(8-6-13)10-11-9-12-3-4-14(11)15-12/h11-15H,2-10H2,1H3. The third kappa shape index (κ3) is 2.67. The van der Waals surface area contributed by atoms with Crippen molar-refractivity contribution in [3.8, 4) is 0 Å². The minimum Gasteiger partial charge on any atom is -0.378 e. The van der Waals surface area contributed by atoms with E-state index >= 15 is 0 Å². The minimum atomic E-state index is 0.536. The van der Waals surface area contributed by atoms with Crippen LogP contribution >= 0.6 is 0 Å². The van der Waals surface area contributed by atoms with Crippen LogP contribution in [0.1, 0.15) is 39.0 Å². The SMILES string of the molecule is CCOC1CCN(CC2CC3CCC2N3)CC1. The van der Waals surface area contributed by atoms with Gasteiger partial charge in [0, 0.05) is 38.3 Å². The molecule has 0 aromatic rings. The summed E-state index contributed by atoms with van der Waals surface area (Å²) in [6, 6.07) is 1.69. The smallest absolute Gasteiger partial charge is 0.0599 e. The lowest BCUT2D eigenvalue weighted by Gasteiger charge is -2.34. The Bertz CT molecular complexity index is 251. The van der Waals surface area contributed by atoms with Crippen molar-refractivity contribution in [3.63, 3.8) is 0 Å². The van der Waals surface area contributed by atoms with E-state index in [1.807, 2.05) is 0 Å². The van der Waals surface area contributed by atoms with Crippen LogP contribution in [0.4, 0.5) is 0 Å². The zero-order valence-electron chi connectivity index (χ0n) is 11.0. The molecule has 17 heavy (non-hydrogen) atoms. The fourth-order valence-corrected chi connectivity index (χ4v) is 3.97. The normalized spacial score (nSPS) is 39.0. The van der Waals surface area contributed by atoms with E-state index in [0.29, 0.717) is 6.10 Å². The van der Waals surface area contributed by atoms with E-state index in [4.69, 9.17) is 4.74 Å². The van der Waals surface area contributed by atoms with Crippen LogP contribution in [0, 0.1) is 5.92 Å². The Hall–Kier alpha value is -0.120. The Kier molecular flexibility index (Phi) is 3.69. The molecule has 3 fully saturated rings. The van der Waals surface area contributed by atoms with Crippen molar-refractivity contribution < 1.29 is 4.74 Å².